The molecule has 1 aliphatic rings. The van der Waals surface area contributed by atoms with E-state index in [4.69, 9.17) is 25.5 Å². The van der Waals surface area contributed by atoms with Crippen molar-refractivity contribution in [3.8, 4) is 0 Å². The lowest BCUT2D eigenvalue weighted by Crippen LogP contribution is -2.39. The highest BCUT2D eigenvalue weighted by Crippen LogP contribution is 2.24. The first-order valence-corrected chi connectivity index (χ1v) is 8.12. The van der Waals surface area contributed by atoms with Crippen LogP contribution in [0.3, 0.4) is 0 Å². The van der Waals surface area contributed by atoms with Crippen LogP contribution in [0.4, 0.5) is 0 Å². The van der Waals surface area contributed by atoms with Gasteiger partial charge >= 0.3 is 0 Å². The summed E-state index contributed by atoms with van der Waals surface area (Å²) < 4.78 is 16.7. The van der Waals surface area contributed by atoms with Crippen LogP contribution in [-0.2, 0) is 20.8 Å². The van der Waals surface area contributed by atoms with Crippen molar-refractivity contribution in [2.75, 3.05) is 19.0 Å². The van der Waals surface area contributed by atoms with Gasteiger partial charge in [0.15, 0.2) is 5.79 Å². The molecule has 0 spiro atoms. The van der Waals surface area contributed by atoms with Crippen LogP contribution in [0.2, 0.25) is 0 Å². The van der Waals surface area contributed by atoms with Crippen molar-refractivity contribution >= 4 is 28.5 Å². The molecule has 1 aromatic carbocycles. The quantitative estimate of drug-likeness (QED) is 0.786. The van der Waals surface area contributed by atoms with Gasteiger partial charge in [-0.2, -0.15) is 0 Å². The van der Waals surface area contributed by atoms with E-state index in [0.29, 0.717) is 19.7 Å². The molecular weight excluding hydrogens is 318 g/mol. The molecule has 1 aromatic heterocycles. The number of rotatable bonds is 5. The number of fused-ring (bicyclic) bond motifs is 1. The Balaban J connectivity index is 1.72. The number of carbonyl (C=O) groups is 1. The molecule has 1 saturated heterocycles. The van der Waals surface area contributed by atoms with Gasteiger partial charge in [-0.1, -0.05) is 6.07 Å². The zero-order valence-corrected chi connectivity index (χ0v) is 14.0. The van der Waals surface area contributed by atoms with Crippen LogP contribution in [0, 0.1) is 0 Å². The van der Waals surface area contributed by atoms with E-state index in [2.05, 4.69) is 0 Å². The Kier molecular flexibility index (Phi) is 4.62. The highest BCUT2D eigenvalue weighted by molar-refractivity contribution is 6.27. The summed E-state index contributed by atoms with van der Waals surface area (Å²) in [4.78, 5) is 13.9. The van der Waals surface area contributed by atoms with Crippen molar-refractivity contribution in [3.05, 3.63) is 36.1 Å². The van der Waals surface area contributed by atoms with Gasteiger partial charge in [-0.25, -0.2) is 0 Å². The average Bonchev–Trinajstić information content (AvgIpc) is 3.11. The summed E-state index contributed by atoms with van der Waals surface area (Å²) in [5.41, 5.74) is 1.86. The largest absolute Gasteiger partial charge is 0.464 e. The van der Waals surface area contributed by atoms with E-state index >= 15 is 0 Å². The monoisotopic (exact) mass is 337 g/mol. The van der Waals surface area contributed by atoms with Gasteiger partial charge in [0.2, 0.25) is 5.91 Å². The van der Waals surface area contributed by atoms with E-state index in [9.17, 15) is 4.79 Å². The summed E-state index contributed by atoms with van der Waals surface area (Å²) in [6, 6.07) is 7.79. The van der Waals surface area contributed by atoms with Crippen molar-refractivity contribution in [2.45, 2.75) is 32.3 Å². The third-order valence-corrected chi connectivity index (χ3v) is 4.08. The van der Waals surface area contributed by atoms with E-state index in [1.54, 1.807) is 11.2 Å². The van der Waals surface area contributed by atoms with Crippen LogP contribution in [0.25, 0.3) is 11.0 Å². The Bertz CT molecular complexity index is 697. The van der Waals surface area contributed by atoms with Gasteiger partial charge in [0.05, 0.1) is 12.9 Å². The first-order valence-electron chi connectivity index (χ1n) is 7.58. The summed E-state index contributed by atoms with van der Waals surface area (Å²) in [6.07, 6.45) is 1.51. The lowest BCUT2D eigenvalue weighted by molar-refractivity contribution is -0.145. The first-order chi connectivity index (χ1) is 11.0. The van der Waals surface area contributed by atoms with Crippen LogP contribution in [0.15, 0.2) is 34.9 Å². The second-order valence-electron chi connectivity index (χ2n) is 6.15. The van der Waals surface area contributed by atoms with Crippen molar-refractivity contribution in [3.63, 3.8) is 0 Å². The molecular formula is C17H20ClNO4. The Morgan fingerprint density at radius 2 is 2.22 bits per heavy atom. The van der Waals surface area contributed by atoms with Crippen LogP contribution in [-0.4, -0.2) is 41.7 Å². The van der Waals surface area contributed by atoms with Crippen molar-refractivity contribution < 1.29 is 18.7 Å². The Labute approximate surface area is 140 Å². The number of halogens is 1. The molecule has 2 aromatic rings. The Hall–Kier alpha value is -1.56. The number of hydrogen-bond acceptors (Lipinski definition) is 4. The second kappa shape index (κ2) is 6.51. The molecule has 124 valence electrons. The highest BCUT2D eigenvalue weighted by atomic mass is 35.5. The molecule has 23 heavy (non-hydrogen) atoms. The predicted molar refractivity (Wildman–Crippen MR) is 87.3 cm³/mol. The lowest BCUT2D eigenvalue weighted by Gasteiger charge is -2.25. The molecule has 0 radical (unpaired) electrons. The lowest BCUT2D eigenvalue weighted by atomic mass is 10.1. The molecule has 5 nitrogen and oxygen atoms in total. The molecule has 3 rings (SSSR count). The van der Waals surface area contributed by atoms with E-state index in [1.165, 1.54) is 0 Å². The van der Waals surface area contributed by atoms with Crippen LogP contribution >= 0.6 is 11.6 Å². The van der Waals surface area contributed by atoms with E-state index in [-0.39, 0.29) is 17.9 Å². The normalized spacial score (nSPS) is 20.0. The van der Waals surface area contributed by atoms with Gasteiger partial charge in [-0.15, -0.1) is 11.6 Å². The summed E-state index contributed by atoms with van der Waals surface area (Å²) >= 11 is 5.75. The molecule has 1 atom stereocenters. The number of carbonyl (C=O) groups excluding carboxylic acids is 1. The van der Waals surface area contributed by atoms with Gasteiger partial charge in [-0.05, 0) is 37.6 Å². The molecule has 1 aliphatic heterocycles. The average molecular weight is 338 g/mol. The molecule has 0 aliphatic carbocycles. The summed E-state index contributed by atoms with van der Waals surface area (Å²) in [6.45, 7) is 5.15. The number of nitrogens with zero attached hydrogens (tertiary/aromatic N) is 1. The maximum Gasteiger partial charge on any atom is 0.237 e. The number of benzene rings is 1. The van der Waals surface area contributed by atoms with Gasteiger partial charge in [0.25, 0.3) is 0 Å². The summed E-state index contributed by atoms with van der Waals surface area (Å²) in [5.74, 6) is -0.770. The molecule has 1 fully saturated rings. The van der Waals surface area contributed by atoms with Gasteiger partial charge in [0, 0.05) is 18.5 Å². The SMILES string of the molecule is CC1(C)OC[C@H](CN(Cc2ccc3occc3c2)C(=O)CCl)O1. The molecule has 2 heterocycles. The van der Waals surface area contributed by atoms with E-state index in [1.807, 2.05) is 38.1 Å². The van der Waals surface area contributed by atoms with Crippen molar-refractivity contribution in [2.24, 2.45) is 0 Å². The maximum absolute atomic E-state index is 12.2. The summed E-state index contributed by atoms with van der Waals surface area (Å²) in [5, 5.41) is 1.02. The van der Waals surface area contributed by atoms with Crippen LogP contribution in [0.5, 0.6) is 0 Å². The smallest absolute Gasteiger partial charge is 0.237 e. The zero-order chi connectivity index (χ0) is 16.4. The fourth-order valence-electron chi connectivity index (χ4n) is 2.77. The van der Waals surface area contributed by atoms with Gasteiger partial charge in [-0.3, -0.25) is 4.79 Å². The highest BCUT2D eigenvalue weighted by Gasteiger charge is 2.34. The number of furan rings is 1. The minimum atomic E-state index is -0.601. The van der Waals surface area contributed by atoms with Crippen LogP contribution < -0.4 is 0 Å². The standard InChI is InChI=1S/C17H20ClNO4/c1-17(2)22-11-14(23-17)10-19(16(20)8-18)9-12-3-4-15-13(7-12)5-6-21-15/h3-7,14H,8-11H2,1-2H3/t14-/m0/s1. The molecule has 1 amide bonds. The Morgan fingerprint density at radius 1 is 1.39 bits per heavy atom. The fourth-order valence-corrected chi connectivity index (χ4v) is 2.94. The van der Waals surface area contributed by atoms with Crippen molar-refractivity contribution in [1.82, 2.24) is 4.90 Å². The van der Waals surface area contributed by atoms with Crippen LogP contribution in [0.1, 0.15) is 19.4 Å². The molecule has 6 heteroatoms. The first kappa shape index (κ1) is 16.3. The maximum atomic E-state index is 12.2. The minimum absolute atomic E-state index is 0.0507. The third-order valence-electron chi connectivity index (χ3n) is 3.85. The molecule has 0 N–H and O–H groups in total. The number of hydrogen-bond donors (Lipinski definition) is 0. The Morgan fingerprint density at radius 3 is 2.91 bits per heavy atom. The van der Waals surface area contributed by atoms with Crippen molar-refractivity contribution in [1.29, 1.82) is 0 Å². The predicted octanol–water partition coefficient (Wildman–Crippen LogP) is 3.15. The zero-order valence-electron chi connectivity index (χ0n) is 13.3. The molecule has 0 saturated carbocycles. The van der Waals surface area contributed by atoms with E-state index < -0.39 is 5.79 Å². The second-order valence-corrected chi connectivity index (χ2v) is 6.42. The van der Waals surface area contributed by atoms with Gasteiger partial charge in [0.1, 0.15) is 17.6 Å². The molecule has 0 unspecified atom stereocenters. The third kappa shape index (κ3) is 3.86. The minimum Gasteiger partial charge on any atom is -0.464 e. The number of amides is 1. The number of alkyl halides is 1. The molecule has 0 bridgehead atoms. The fraction of sp³-hybridized carbons (Fsp3) is 0.471. The summed E-state index contributed by atoms with van der Waals surface area (Å²) in [7, 11) is 0. The van der Waals surface area contributed by atoms with Gasteiger partial charge < -0.3 is 18.8 Å². The number of ether oxygens (including phenoxy) is 2. The topological polar surface area (TPSA) is 51.9 Å². The van der Waals surface area contributed by atoms with E-state index in [0.717, 1.165) is 16.5 Å².